The van der Waals surface area contributed by atoms with E-state index in [1.165, 1.54) is 6.07 Å². The maximum atomic E-state index is 13.6. The number of nitrogens with one attached hydrogen (secondary N) is 1. The van der Waals surface area contributed by atoms with E-state index in [1.54, 1.807) is 19.2 Å². The Labute approximate surface area is 135 Å². The molecule has 5 heteroatoms. The summed E-state index contributed by atoms with van der Waals surface area (Å²) in [5, 5.41) is 3.66. The third kappa shape index (κ3) is 4.88. The van der Waals surface area contributed by atoms with Crippen molar-refractivity contribution in [1.82, 2.24) is 5.32 Å². The zero-order valence-electron chi connectivity index (χ0n) is 11.7. The molecule has 21 heavy (non-hydrogen) atoms. The van der Waals surface area contributed by atoms with E-state index in [1.807, 2.05) is 24.3 Å². The van der Waals surface area contributed by atoms with Gasteiger partial charge in [-0.05, 0) is 36.7 Å². The van der Waals surface area contributed by atoms with Crippen molar-refractivity contribution in [1.29, 1.82) is 0 Å². The smallest absolute Gasteiger partial charge is 0.129 e. The van der Waals surface area contributed by atoms with Crippen molar-refractivity contribution in [3.8, 4) is 5.75 Å². The Bertz CT molecular complexity index is 558. The Hall–Kier alpha value is -1.29. The predicted octanol–water partition coefficient (Wildman–Crippen LogP) is 4.24. The highest BCUT2D eigenvalue weighted by Gasteiger charge is 2.06. The summed E-state index contributed by atoms with van der Waals surface area (Å²) in [6.07, 6.45) is 0.816. The van der Waals surface area contributed by atoms with Gasteiger partial charge in [0, 0.05) is 17.1 Å². The van der Waals surface area contributed by atoms with E-state index in [0.717, 1.165) is 24.3 Å². The van der Waals surface area contributed by atoms with E-state index in [-0.39, 0.29) is 18.2 Å². The molecule has 0 saturated heterocycles. The van der Waals surface area contributed by atoms with E-state index >= 15 is 0 Å². The number of halogens is 3. The largest absolute Gasteiger partial charge is 0.496 e. The number of para-hydroxylation sites is 1. The third-order valence-corrected chi connectivity index (χ3v) is 3.48. The van der Waals surface area contributed by atoms with Crippen LogP contribution in [0.15, 0.2) is 42.5 Å². The number of methoxy groups -OCH3 is 1. The van der Waals surface area contributed by atoms with Crippen molar-refractivity contribution in [3.05, 3.63) is 64.4 Å². The second kappa shape index (κ2) is 8.88. The van der Waals surface area contributed by atoms with Crippen LogP contribution < -0.4 is 10.1 Å². The van der Waals surface area contributed by atoms with Gasteiger partial charge in [0.05, 0.1) is 7.11 Å². The summed E-state index contributed by atoms with van der Waals surface area (Å²) < 4.78 is 18.9. The van der Waals surface area contributed by atoms with Gasteiger partial charge in [-0.15, -0.1) is 12.4 Å². The summed E-state index contributed by atoms with van der Waals surface area (Å²) in [6, 6.07) is 12.6. The molecule has 2 rings (SSSR count). The lowest BCUT2D eigenvalue weighted by molar-refractivity contribution is 0.409. The van der Waals surface area contributed by atoms with Crippen LogP contribution >= 0.6 is 24.0 Å². The molecule has 0 aliphatic carbocycles. The molecule has 2 nitrogen and oxygen atoms in total. The topological polar surface area (TPSA) is 21.3 Å². The van der Waals surface area contributed by atoms with Gasteiger partial charge in [0.2, 0.25) is 0 Å². The summed E-state index contributed by atoms with van der Waals surface area (Å²) in [6.45, 7) is 1.14. The van der Waals surface area contributed by atoms with E-state index in [4.69, 9.17) is 16.3 Å². The van der Waals surface area contributed by atoms with Crippen molar-refractivity contribution in [3.63, 3.8) is 0 Å². The molecule has 0 atom stereocenters. The molecule has 0 aromatic heterocycles. The Morgan fingerprint density at radius 3 is 2.62 bits per heavy atom. The third-order valence-electron chi connectivity index (χ3n) is 3.13. The van der Waals surface area contributed by atoms with E-state index in [9.17, 15) is 4.39 Å². The van der Waals surface area contributed by atoms with Crippen molar-refractivity contribution < 1.29 is 9.13 Å². The molecule has 0 radical (unpaired) electrons. The molecule has 0 aliphatic heterocycles. The van der Waals surface area contributed by atoms with Crippen LogP contribution in [0.3, 0.4) is 0 Å². The second-order valence-corrected chi connectivity index (χ2v) is 4.85. The number of rotatable bonds is 6. The van der Waals surface area contributed by atoms with Gasteiger partial charge in [-0.25, -0.2) is 4.39 Å². The first-order valence-corrected chi connectivity index (χ1v) is 6.85. The zero-order valence-corrected chi connectivity index (χ0v) is 13.3. The number of benzene rings is 2. The molecule has 2 aromatic carbocycles. The van der Waals surface area contributed by atoms with Gasteiger partial charge in [-0.2, -0.15) is 0 Å². The van der Waals surface area contributed by atoms with E-state index in [2.05, 4.69) is 5.32 Å². The lowest BCUT2D eigenvalue weighted by Gasteiger charge is -2.10. The van der Waals surface area contributed by atoms with Gasteiger partial charge in [-0.1, -0.05) is 35.9 Å². The molecule has 0 aliphatic rings. The Kier molecular flexibility index (Phi) is 7.51. The minimum atomic E-state index is -0.276. The highest BCUT2D eigenvalue weighted by atomic mass is 35.5. The number of hydrogen-bond acceptors (Lipinski definition) is 2. The molecule has 0 amide bonds. The highest BCUT2D eigenvalue weighted by Crippen LogP contribution is 2.19. The van der Waals surface area contributed by atoms with Crippen LogP contribution in [0, 0.1) is 5.82 Å². The lowest BCUT2D eigenvalue weighted by atomic mass is 10.1. The molecule has 2 aromatic rings. The highest BCUT2D eigenvalue weighted by molar-refractivity contribution is 6.31. The molecule has 0 spiro atoms. The molecule has 0 heterocycles. The summed E-state index contributed by atoms with van der Waals surface area (Å²) in [5.41, 5.74) is 1.64. The fourth-order valence-corrected chi connectivity index (χ4v) is 2.28. The van der Waals surface area contributed by atoms with Crippen LogP contribution in [0.25, 0.3) is 0 Å². The van der Waals surface area contributed by atoms with Crippen molar-refractivity contribution >= 4 is 24.0 Å². The molecule has 114 valence electrons. The van der Waals surface area contributed by atoms with Crippen molar-refractivity contribution in [2.75, 3.05) is 13.7 Å². The Balaban J connectivity index is 0.00000220. The summed E-state index contributed by atoms with van der Waals surface area (Å²) in [7, 11) is 1.66. The molecular weight excluding hydrogens is 312 g/mol. The summed E-state index contributed by atoms with van der Waals surface area (Å²) >= 11 is 5.97. The van der Waals surface area contributed by atoms with Crippen LogP contribution in [-0.2, 0) is 13.0 Å². The fourth-order valence-electron chi connectivity index (χ4n) is 2.05. The minimum Gasteiger partial charge on any atom is -0.496 e. The van der Waals surface area contributed by atoms with Gasteiger partial charge in [0.25, 0.3) is 0 Å². The van der Waals surface area contributed by atoms with Crippen LogP contribution in [-0.4, -0.2) is 13.7 Å². The van der Waals surface area contributed by atoms with Crippen LogP contribution in [0.5, 0.6) is 5.75 Å². The lowest BCUT2D eigenvalue weighted by Crippen LogP contribution is -2.18. The predicted molar refractivity (Wildman–Crippen MR) is 87.1 cm³/mol. The maximum absolute atomic E-state index is 13.6. The molecule has 0 bridgehead atoms. The van der Waals surface area contributed by atoms with Gasteiger partial charge >= 0.3 is 0 Å². The van der Waals surface area contributed by atoms with Crippen LogP contribution in [0.1, 0.15) is 11.1 Å². The SMILES string of the molecule is COc1ccccc1CCNCc1c(F)cccc1Cl.Cl. The van der Waals surface area contributed by atoms with Crippen molar-refractivity contribution in [2.24, 2.45) is 0 Å². The first-order valence-electron chi connectivity index (χ1n) is 6.48. The quantitative estimate of drug-likeness (QED) is 0.800. The molecule has 0 unspecified atom stereocenters. The van der Waals surface area contributed by atoms with Gasteiger partial charge in [-0.3, -0.25) is 0 Å². The minimum absolute atomic E-state index is 0. The zero-order chi connectivity index (χ0) is 14.4. The molecule has 0 fully saturated rings. The summed E-state index contributed by atoms with van der Waals surface area (Å²) in [4.78, 5) is 0. The van der Waals surface area contributed by atoms with Gasteiger partial charge < -0.3 is 10.1 Å². The average molecular weight is 330 g/mol. The summed E-state index contributed by atoms with van der Waals surface area (Å²) in [5.74, 6) is 0.598. The van der Waals surface area contributed by atoms with Gasteiger partial charge in [0.1, 0.15) is 11.6 Å². The Morgan fingerprint density at radius 2 is 1.90 bits per heavy atom. The standard InChI is InChI=1S/C16H17ClFNO.ClH/c1-20-16-8-3-2-5-12(16)9-10-19-11-13-14(17)6-4-7-15(13)18;/h2-8,19H,9-11H2,1H3;1H. The average Bonchev–Trinajstić information content (AvgIpc) is 2.46. The number of ether oxygens (including phenoxy) is 1. The molecular formula is C16H18Cl2FNO. The molecule has 1 N–H and O–H groups in total. The first kappa shape index (κ1) is 17.8. The van der Waals surface area contributed by atoms with Gasteiger partial charge in [0.15, 0.2) is 0 Å². The van der Waals surface area contributed by atoms with E-state index in [0.29, 0.717) is 17.1 Å². The number of hydrogen-bond donors (Lipinski definition) is 1. The fraction of sp³-hybridized carbons (Fsp3) is 0.250. The second-order valence-electron chi connectivity index (χ2n) is 4.44. The normalized spacial score (nSPS) is 10.0. The first-order chi connectivity index (χ1) is 9.72. The van der Waals surface area contributed by atoms with Crippen LogP contribution in [0.2, 0.25) is 5.02 Å². The molecule has 0 saturated carbocycles. The monoisotopic (exact) mass is 329 g/mol. The van der Waals surface area contributed by atoms with Crippen LogP contribution in [0.4, 0.5) is 4.39 Å². The Morgan fingerprint density at radius 1 is 1.14 bits per heavy atom. The van der Waals surface area contributed by atoms with E-state index < -0.39 is 0 Å². The van der Waals surface area contributed by atoms with Crippen molar-refractivity contribution in [2.45, 2.75) is 13.0 Å². The maximum Gasteiger partial charge on any atom is 0.129 e.